The molecule has 0 aliphatic rings. The fourth-order valence-corrected chi connectivity index (χ4v) is 0.900. The van der Waals surface area contributed by atoms with Gasteiger partial charge in [0.25, 0.3) is 0 Å². The Bertz CT molecular complexity index is 514. The van der Waals surface area contributed by atoms with Crippen molar-refractivity contribution in [1.82, 2.24) is 0 Å². The minimum Gasteiger partial charge on any atom is -0.873 e. The summed E-state index contributed by atoms with van der Waals surface area (Å²) in [6.45, 7) is 1.13. The summed E-state index contributed by atoms with van der Waals surface area (Å²) in [5.41, 5.74) is 0. The van der Waals surface area contributed by atoms with Crippen LogP contribution in [0.25, 0.3) is 0 Å². The van der Waals surface area contributed by atoms with Gasteiger partial charge in [-0.25, -0.2) is 0 Å². The third kappa shape index (κ3) is 17.6. The predicted octanol–water partition coefficient (Wildman–Crippen LogP) is -8.21. The third-order valence-corrected chi connectivity index (χ3v) is 2.04. The summed E-state index contributed by atoms with van der Waals surface area (Å²) in [7, 11) is 0. The molecule has 0 saturated heterocycles. The van der Waals surface area contributed by atoms with E-state index < -0.39 is 35.1 Å². The molecule has 0 heterocycles. The minimum absolute atomic E-state index is 0. The fraction of sp³-hybridized carbons (Fsp3) is 0.133. The number of carboxylic acids is 1. The molecule has 1 unspecified atom stereocenters. The molecular formula is C15H13KNaO7Ti+. The molecule has 1 atom stereocenters. The number of carbonyl (C=O) groups is 1. The second kappa shape index (κ2) is 19.2. The van der Waals surface area contributed by atoms with Crippen molar-refractivity contribution in [2.24, 2.45) is 0 Å². The summed E-state index contributed by atoms with van der Waals surface area (Å²) in [6.07, 6.45) is -1.34. The van der Waals surface area contributed by atoms with E-state index in [1.807, 2.05) is 0 Å². The molecule has 0 spiro atoms. The van der Waals surface area contributed by atoms with Crippen molar-refractivity contribution in [2.45, 2.75) is 13.0 Å². The van der Waals surface area contributed by atoms with Crippen LogP contribution in [0.15, 0.2) is 48.5 Å². The monoisotopic (exact) mass is 415 g/mol. The standard InChI is InChI=1S/2C6H6O2.C3H6O3.K.Na.Ti/c2*7-5-3-1-2-4-6(5)8;1-2(4)3(5)6;;;/h2*1-4,7-8H;2,4H,1H3,(H,5,6);;;/q;;;2*+1;+4/p-5. The zero-order chi connectivity index (χ0) is 17.1. The number of aliphatic hydroxyl groups excluding tert-OH is 1. The Morgan fingerprint density at radius 2 is 1.00 bits per heavy atom. The summed E-state index contributed by atoms with van der Waals surface area (Å²) >= 11 is 0. The van der Waals surface area contributed by atoms with Gasteiger partial charge in [0.15, 0.2) is 0 Å². The topological polar surface area (TPSA) is 153 Å². The van der Waals surface area contributed by atoms with Gasteiger partial charge in [0.1, 0.15) is 0 Å². The number of hydrogen-bond donors (Lipinski definition) is 1. The first-order valence-electron chi connectivity index (χ1n) is 6.00. The van der Waals surface area contributed by atoms with Gasteiger partial charge in [-0.05, 0) is 6.92 Å². The van der Waals surface area contributed by atoms with Crippen LogP contribution in [0.5, 0.6) is 23.0 Å². The normalized spacial score (nSPS) is 9.04. The molecule has 2 rings (SSSR count). The Hall–Kier alpha value is 0.421. The Labute approximate surface area is 225 Å². The maximum Gasteiger partial charge on any atom is 4.00 e. The molecule has 0 bridgehead atoms. The number of carbonyl (C=O) groups excluding carboxylic acids is 1. The van der Waals surface area contributed by atoms with Crippen molar-refractivity contribution < 1.29 is 138 Å². The number of carboxylic acid groups (broad SMARTS) is 1. The molecule has 0 aliphatic heterocycles. The third-order valence-electron chi connectivity index (χ3n) is 2.04. The number of hydrogen-bond acceptors (Lipinski definition) is 7. The number of benzene rings is 2. The Morgan fingerprint density at radius 3 is 1.08 bits per heavy atom. The van der Waals surface area contributed by atoms with Crippen LogP contribution in [0.4, 0.5) is 0 Å². The quantitative estimate of drug-likeness (QED) is 0.454. The van der Waals surface area contributed by atoms with Crippen LogP contribution in [0.3, 0.4) is 0 Å². The van der Waals surface area contributed by atoms with Crippen molar-refractivity contribution in [3.05, 3.63) is 48.5 Å². The second-order valence-electron chi connectivity index (χ2n) is 3.89. The van der Waals surface area contributed by atoms with Crippen molar-refractivity contribution in [3.8, 4) is 23.0 Å². The van der Waals surface area contributed by atoms with Crippen molar-refractivity contribution >= 4 is 5.97 Å². The summed E-state index contributed by atoms with van der Waals surface area (Å²) in [5.74, 6) is -3.19. The molecule has 0 fully saturated rings. The number of rotatable bonds is 1. The fourth-order valence-electron chi connectivity index (χ4n) is 0.900. The van der Waals surface area contributed by atoms with E-state index in [4.69, 9.17) is 5.11 Å². The van der Waals surface area contributed by atoms with Crippen LogP contribution >= 0.6 is 0 Å². The van der Waals surface area contributed by atoms with Crippen LogP contribution in [-0.4, -0.2) is 17.2 Å². The summed E-state index contributed by atoms with van der Waals surface area (Å²) in [6, 6.07) is 11.2. The molecule has 1 N–H and O–H groups in total. The summed E-state index contributed by atoms with van der Waals surface area (Å²) in [4.78, 5) is 9.34. The Morgan fingerprint density at radius 1 is 0.840 bits per heavy atom. The van der Waals surface area contributed by atoms with E-state index in [-0.39, 0.29) is 103 Å². The summed E-state index contributed by atoms with van der Waals surface area (Å²) in [5, 5.41) is 58.5. The van der Waals surface area contributed by atoms with E-state index in [1.165, 1.54) is 24.3 Å². The molecule has 120 valence electrons. The molecule has 0 radical (unpaired) electrons. The SMILES string of the molecule is CC(O)C(=O)[O-].[K+].[Na+].[O-]c1ccccc1[O-].[O-]c1ccccc1[O-].[Ti+4]. The first kappa shape index (κ1) is 33.0. The predicted molar refractivity (Wildman–Crippen MR) is 67.4 cm³/mol. The maximum atomic E-state index is 10.3. The van der Waals surface area contributed by atoms with Gasteiger partial charge < -0.3 is 35.4 Å². The molecule has 2 aromatic rings. The van der Waals surface area contributed by atoms with Crippen molar-refractivity contribution in [1.29, 1.82) is 0 Å². The van der Waals surface area contributed by atoms with E-state index in [0.717, 1.165) is 6.92 Å². The van der Waals surface area contributed by atoms with Gasteiger partial charge in [0, 0.05) is 0 Å². The van der Waals surface area contributed by atoms with Gasteiger partial charge in [0.05, 0.1) is 12.1 Å². The first-order chi connectivity index (χ1) is 10.3. The van der Waals surface area contributed by atoms with Crippen molar-refractivity contribution in [2.75, 3.05) is 0 Å². The molecule has 0 amide bonds. The van der Waals surface area contributed by atoms with E-state index in [1.54, 1.807) is 24.3 Å². The maximum absolute atomic E-state index is 10.3. The zero-order valence-corrected chi connectivity index (χ0v) is 20.8. The average molecular weight is 415 g/mol. The van der Waals surface area contributed by atoms with Gasteiger partial charge in [0.2, 0.25) is 0 Å². The average Bonchev–Trinajstić information content (AvgIpc) is 2.47. The molecule has 0 aromatic heterocycles. The van der Waals surface area contributed by atoms with Gasteiger partial charge >= 0.3 is 103 Å². The van der Waals surface area contributed by atoms with E-state index in [0.29, 0.717) is 0 Å². The Balaban J connectivity index is -0.000000126. The number of aliphatic carboxylic acids is 1. The van der Waals surface area contributed by atoms with Crippen LogP contribution in [0.2, 0.25) is 0 Å². The van der Waals surface area contributed by atoms with Crippen molar-refractivity contribution in [3.63, 3.8) is 0 Å². The molecule has 0 saturated carbocycles. The second-order valence-corrected chi connectivity index (χ2v) is 3.89. The smallest absolute Gasteiger partial charge is 0.873 e. The first-order valence-corrected chi connectivity index (χ1v) is 6.00. The largest absolute Gasteiger partial charge is 4.00 e. The van der Waals surface area contributed by atoms with Crippen LogP contribution in [0, 0.1) is 0 Å². The minimum atomic E-state index is -1.44. The molecule has 7 nitrogen and oxygen atoms in total. The zero-order valence-electron chi connectivity index (χ0n) is 14.1. The van der Waals surface area contributed by atoms with Crippen LogP contribution < -0.4 is 106 Å². The van der Waals surface area contributed by atoms with Gasteiger partial charge in [-0.1, -0.05) is 48.5 Å². The number of para-hydroxylation sites is 4. The molecular weight excluding hydrogens is 402 g/mol. The Kier molecular flexibility index (Phi) is 25.4. The molecule has 25 heavy (non-hydrogen) atoms. The van der Waals surface area contributed by atoms with E-state index >= 15 is 0 Å². The molecule has 10 heteroatoms. The van der Waals surface area contributed by atoms with E-state index in [9.17, 15) is 30.3 Å². The van der Waals surface area contributed by atoms with Crippen LogP contribution in [-0.2, 0) is 26.5 Å². The summed E-state index contributed by atoms with van der Waals surface area (Å²) < 4.78 is 0. The van der Waals surface area contributed by atoms with Gasteiger partial charge in [-0.3, -0.25) is 0 Å². The number of aliphatic hydroxyl groups is 1. The van der Waals surface area contributed by atoms with Crippen LogP contribution in [0.1, 0.15) is 6.92 Å². The van der Waals surface area contributed by atoms with E-state index in [2.05, 4.69) is 0 Å². The molecule has 2 aromatic carbocycles. The van der Waals surface area contributed by atoms with Gasteiger partial charge in [-0.15, -0.1) is 23.0 Å². The van der Waals surface area contributed by atoms with Gasteiger partial charge in [-0.2, -0.15) is 0 Å². The molecule has 0 aliphatic carbocycles.